The van der Waals surface area contributed by atoms with Crippen LogP contribution in [0.3, 0.4) is 0 Å². The van der Waals surface area contributed by atoms with E-state index >= 15 is 0 Å². The Hall–Kier alpha value is -2.79. The summed E-state index contributed by atoms with van der Waals surface area (Å²) in [5.74, 6) is 0.00514. The molecule has 1 aliphatic carbocycles. The van der Waals surface area contributed by atoms with Gasteiger partial charge in [0.05, 0.1) is 17.5 Å². The number of primary amides is 1. The lowest BCUT2D eigenvalue weighted by molar-refractivity contribution is -0.143. The number of thiazole rings is 1. The first kappa shape index (κ1) is 42.2. The molecule has 2 fully saturated rings. The number of aryl methyl sites for hydroxylation is 2. The highest BCUT2D eigenvalue weighted by atomic mass is 35.5. The topological polar surface area (TPSA) is 155 Å². The van der Waals surface area contributed by atoms with Crippen molar-refractivity contribution in [2.24, 2.45) is 17.4 Å². The molecule has 1 saturated carbocycles. The van der Waals surface area contributed by atoms with Crippen molar-refractivity contribution in [3.05, 3.63) is 50.6 Å². The number of aldehydes is 1. The number of amides is 2. The summed E-state index contributed by atoms with van der Waals surface area (Å²) in [4.78, 5) is 43.4. The molecule has 1 saturated heterocycles. The molecule has 0 bridgehead atoms. The summed E-state index contributed by atoms with van der Waals surface area (Å²) in [6, 6.07) is 7.23. The Morgan fingerprint density at radius 1 is 1.09 bits per heavy atom. The number of nitrogens with two attached hydrogens (primary N) is 2. The molecule has 254 valence electrons. The second kappa shape index (κ2) is 24.4. The average molecular weight is 666 g/mol. The van der Waals surface area contributed by atoms with E-state index in [9.17, 15) is 14.4 Å². The molecule has 2 aliphatic rings. The minimum atomic E-state index is -0.410. The number of benzene rings is 1. The maximum absolute atomic E-state index is 11.7. The van der Waals surface area contributed by atoms with Gasteiger partial charge >= 0.3 is 0 Å². The number of aliphatic hydroxyl groups is 1. The van der Waals surface area contributed by atoms with E-state index in [2.05, 4.69) is 29.5 Å². The van der Waals surface area contributed by atoms with Gasteiger partial charge in [-0.25, -0.2) is 4.98 Å². The highest BCUT2D eigenvalue weighted by Crippen LogP contribution is 2.29. The van der Waals surface area contributed by atoms with Crippen LogP contribution in [0.25, 0.3) is 10.9 Å². The number of unbranched alkanes of at least 4 members (excludes halogenated alkanes) is 1. The lowest BCUT2D eigenvalue weighted by Gasteiger charge is -2.36. The summed E-state index contributed by atoms with van der Waals surface area (Å²) in [5.41, 5.74) is 12.3. The standard InChI is InChI=1S/C10H16N2OS.C10H17NO2.C9H6ClNO.2C2H6.CH5N/c1-3-5-6-7-8(4-2)14-10(12-7)9(11)13;12-9-6-8(7-9)10(13)11-4-2-1-3-5-11;10-7-1-2-9-6(3-7)4-8(5-12)11-9;3*1-2/h3-6H2,1-2H3,(H2,11,13);8-9,12H,1-7H2;1-5,11H;2*1-2H3;2H2,1H3. The Kier molecular flexibility index (Phi) is 22.9. The number of fused-ring (bicyclic) bond motifs is 1. The number of aromatic amines is 1. The zero-order valence-corrected chi connectivity index (χ0v) is 29.9. The first-order valence-electron chi connectivity index (χ1n) is 16.3. The van der Waals surface area contributed by atoms with Gasteiger partial charge < -0.3 is 26.5 Å². The number of carbonyl (C=O) groups excluding carboxylic acids is 3. The number of nitrogens with one attached hydrogen (secondary N) is 1. The lowest BCUT2D eigenvalue weighted by Crippen LogP contribution is -2.45. The monoisotopic (exact) mass is 665 g/mol. The summed E-state index contributed by atoms with van der Waals surface area (Å²) < 4.78 is 0. The van der Waals surface area contributed by atoms with Crippen molar-refractivity contribution < 1.29 is 19.5 Å². The zero-order chi connectivity index (χ0) is 34.4. The Balaban J connectivity index is 0.000000595. The van der Waals surface area contributed by atoms with E-state index in [0.29, 0.717) is 28.6 Å². The van der Waals surface area contributed by atoms with Gasteiger partial charge in [-0.15, -0.1) is 11.3 Å². The SMILES string of the molecule is CC.CC.CCCCc1nc(C(N)=O)sc1CC.CN.O=C(C1CC(O)C1)N1CCCCC1.O=Cc1cc2cc(Cl)ccc2[nH]1. The van der Waals surface area contributed by atoms with Gasteiger partial charge in [-0.2, -0.15) is 0 Å². The number of H-pyrrole nitrogens is 1. The summed E-state index contributed by atoms with van der Waals surface area (Å²) in [7, 11) is 1.50. The van der Waals surface area contributed by atoms with E-state index in [1.165, 1.54) is 29.7 Å². The van der Waals surface area contributed by atoms with Crippen LogP contribution in [0.2, 0.25) is 5.02 Å². The molecule has 0 spiro atoms. The number of aliphatic hydroxyl groups excluding tert-OH is 1. The van der Waals surface area contributed by atoms with Crippen molar-refractivity contribution in [3.63, 3.8) is 0 Å². The van der Waals surface area contributed by atoms with Crippen LogP contribution in [0.5, 0.6) is 0 Å². The van der Waals surface area contributed by atoms with Crippen molar-refractivity contribution in [2.75, 3.05) is 20.1 Å². The third kappa shape index (κ3) is 14.5. The smallest absolute Gasteiger partial charge is 0.277 e. The predicted octanol–water partition coefficient (Wildman–Crippen LogP) is 7.18. The van der Waals surface area contributed by atoms with Gasteiger partial charge in [0.25, 0.3) is 5.91 Å². The number of nitrogens with zero attached hydrogens (tertiary/aromatic N) is 2. The number of carbonyl (C=O) groups is 3. The van der Waals surface area contributed by atoms with Gasteiger partial charge in [0.15, 0.2) is 11.3 Å². The van der Waals surface area contributed by atoms with Gasteiger partial charge in [0.2, 0.25) is 5.91 Å². The number of likely N-dealkylation sites (tertiary alicyclic amines) is 1. The van der Waals surface area contributed by atoms with E-state index < -0.39 is 5.91 Å². The molecule has 2 amide bonds. The summed E-state index contributed by atoms with van der Waals surface area (Å²) >= 11 is 7.20. The van der Waals surface area contributed by atoms with Crippen molar-refractivity contribution in [1.82, 2.24) is 14.9 Å². The van der Waals surface area contributed by atoms with E-state index in [1.807, 2.05) is 44.7 Å². The number of aromatic nitrogens is 2. The third-order valence-electron chi connectivity index (χ3n) is 6.94. The largest absolute Gasteiger partial charge is 0.393 e. The van der Waals surface area contributed by atoms with E-state index in [0.717, 1.165) is 74.5 Å². The minimum Gasteiger partial charge on any atom is -0.393 e. The molecule has 0 radical (unpaired) electrons. The van der Waals surface area contributed by atoms with Gasteiger partial charge in [-0.1, -0.05) is 59.6 Å². The second-order valence-electron chi connectivity index (χ2n) is 9.99. The van der Waals surface area contributed by atoms with Crippen LogP contribution in [-0.2, 0) is 17.6 Å². The molecule has 5 rings (SSSR count). The maximum atomic E-state index is 11.7. The van der Waals surface area contributed by atoms with Crippen LogP contribution in [0.1, 0.15) is 117 Å². The van der Waals surface area contributed by atoms with Crippen LogP contribution in [0, 0.1) is 5.92 Å². The fraction of sp³-hybridized carbons (Fsp3) is 0.588. The van der Waals surface area contributed by atoms with Gasteiger partial charge in [0.1, 0.15) is 0 Å². The molecule has 3 aromatic rings. The molecular weight excluding hydrogens is 610 g/mol. The lowest BCUT2D eigenvalue weighted by atomic mass is 9.81. The van der Waals surface area contributed by atoms with Crippen molar-refractivity contribution in [1.29, 1.82) is 0 Å². The predicted molar refractivity (Wildman–Crippen MR) is 189 cm³/mol. The Bertz CT molecular complexity index is 1250. The third-order valence-corrected chi connectivity index (χ3v) is 8.43. The van der Waals surface area contributed by atoms with Crippen LogP contribution >= 0.6 is 22.9 Å². The molecule has 6 N–H and O–H groups in total. The normalized spacial score (nSPS) is 16.3. The second-order valence-corrected chi connectivity index (χ2v) is 11.5. The number of piperidine rings is 1. The van der Waals surface area contributed by atoms with Crippen LogP contribution < -0.4 is 11.5 Å². The van der Waals surface area contributed by atoms with Crippen molar-refractivity contribution in [2.45, 2.75) is 105 Å². The van der Waals surface area contributed by atoms with Crippen LogP contribution in [0.15, 0.2) is 24.3 Å². The van der Waals surface area contributed by atoms with E-state index in [-0.39, 0.29) is 17.9 Å². The van der Waals surface area contributed by atoms with Crippen molar-refractivity contribution >= 4 is 51.9 Å². The molecule has 0 unspecified atom stereocenters. The summed E-state index contributed by atoms with van der Waals surface area (Å²) in [6.45, 7) is 14.1. The molecule has 0 atom stereocenters. The van der Waals surface area contributed by atoms with E-state index in [1.54, 1.807) is 12.1 Å². The molecule has 1 aliphatic heterocycles. The fourth-order valence-corrected chi connectivity index (χ4v) is 5.74. The van der Waals surface area contributed by atoms with Gasteiger partial charge in [0, 0.05) is 39.8 Å². The van der Waals surface area contributed by atoms with Gasteiger partial charge in [-0.3, -0.25) is 14.4 Å². The first-order chi connectivity index (χ1) is 21.7. The molecule has 1 aromatic carbocycles. The molecule has 3 heterocycles. The molecule has 9 nitrogen and oxygen atoms in total. The fourth-order valence-electron chi connectivity index (χ4n) is 4.66. The number of hydrogen-bond donors (Lipinski definition) is 4. The van der Waals surface area contributed by atoms with E-state index in [4.69, 9.17) is 22.4 Å². The highest BCUT2D eigenvalue weighted by Gasteiger charge is 2.35. The molecule has 45 heavy (non-hydrogen) atoms. The maximum Gasteiger partial charge on any atom is 0.277 e. The summed E-state index contributed by atoms with van der Waals surface area (Å²) in [5, 5.41) is 11.2. The summed E-state index contributed by atoms with van der Waals surface area (Å²) in [6.07, 6.45) is 9.69. The van der Waals surface area contributed by atoms with Crippen LogP contribution in [-0.4, -0.2) is 64.3 Å². The van der Waals surface area contributed by atoms with Gasteiger partial charge in [-0.05, 0) is 82.7 Å². The zero-order valence-electron chi connectivity index (χ0n) is 28.3. The Morgan fingerprint density at radius 3 is 2.22 bits per heavy atom. The Morgan fingerprint density at radius 2 is 1.71 bits per heavy atom. The quantitative estimate of drug-likeness (QED) is 0.196. The molecular formula is C34H56ClN5O4S. The molecule has 11 heteroatoms. The average Bonchev–Trinajstić information content (AvgIpc) is 3.69. The number of hydrogen-bond acceptors (Lipinski definition) is 7. The minimum absolute atomic E-state index is 0.132. The molecule has 2 aromatic heterocycles. The Labute approximate surface area is 279 Å². The first-order valence-corrected chi connectivity index (χ1v) is 17.5. The van der Waals surface area contributed by atoms with Crippen LogP contribution in [0.4, 0.5) is 0 Å². The number of rotatable bonds is 7. The number of halogens is 1. The highest BCUT2D eigenvalue weighted by molar-refractivity contribution is 7.13. The van der Waals surface area contributed by atoms with Crippen molar-refractivity contribution in [3.8, 4) is 0 Å².